The molecular formula is C10H19NO8. The Bertz CT molecular complexity index is 299. The number of esters is 3. The zero-order valence-corrected chi connectivity index (χ0v) is 10.9. The average molecular weight is 281 g/mol. The van der Waals surface area contributed by atoms with E-state index in [4.69, 9.17) is 5.11 Å². The lowest BCUT2D eigenvalue weighted by Crippen LogP contribution is -2.44. The molecule has 0 saturated carbocycles. The Morgan fingerprint density at radius 1 is 1.05 bits per heavy atom. The lowest BCUT2D eigenvalue weighted by Gasteiger charge is -2.23. The fraction of sp³-hybridized carbons (Fsp3) is 0.700. The minimum absolute atomic E-state index is 0. The largest absolute Gasteiger partial charge is 0.469 e. The van der Waals surface area contributed by atoms with Gasteiger partial charge in [0, 0.05) is 0 Å². The van der Waals surface area contributed by atoms with Crippen molar-refractivity contribution >= 4 is 17.9 Å². The highest BCUT2D eigenvalue weighted by Crippen LogP contribution is 2.19. The van der Waals surface area contributed by atoms with Crippen LogP contribution in [0.1, 0.15) is 12.8 Å². The number of carbonyl (C=O) groups is 3. The molecule has 0 aromatic heterocycles. The van der Waals surface area contributed by atoms with E-state index in [1.54, 1.807) is 0 Å². The van der Waals surface area contributed by atoms with Crippen LogP contribution in [-0.4, -0.2) is 61.2 Å². The maximum atomic E-state index is 11.5. The molecule has 0 rings (SSSR count). The monoisotopic (exact) mass is 281 g/mol. The van der Waals surface area contributed by atoms with Gasteiger partial charge in [-0.1, -0.05) is 0 Å². The molecule has 0 aliphatic rings. The molecule has 0 aliphatic carbocycles. The van der Waals surface area contributed by atoms with E-state index in [1.165, 1.54) is 0 Å². The number of rotatable bonds is 7. The van der Waals surface area contributed by atoms with Crippen LogP contribution in [0.3, 0.4) is 0 Å². The molecular weight excluding hydrogens is 262 g/mol. The highest BCUT2D eigenvalue weighted by Gasteiger charge is 2.43. The van der Waals surface area contributed by atoms with Gasteiger partial charge in [0.05, 0.1) is 33.7 Å². The Morgan fingerprint density at radius 3 is 1.79 bits per heavy atom. The maximum absolute atomic E-state index is 11.5. The van der Waals surface area contributed by atoms with Crippen molar-refractivity contribution in [2.75, 3.05) is 27.4 Å². The zero-order chi connectivity index (χ0) is 14.2. The number of ether oxygens (including phenoxy) is 3. The quantitative estimate of drug-likeness (QED) is 0.375. The highest BCUT2D eigenvalue weighted by molar-refractivity contribution is 5.90. The standard InChI is InChI=1S/C10H16O8.H3N/c1-16-7(12)5-10(15,6-8(13)17-2)9(14)18-4-3-11;/h11,15H,3-6H2,1-2H3;1H3. The molecule has 0 radical (unpaired) electrons. The van der Waals surface area contributed by atoms with E-state index in [0.717, 1.165) is 14.2 Å². The van der Waals surface area contributed by atoms with Crippen molar-refractivity contribution in [3.63, 3.8) is 0 Å². The maximum Gasteiger partial charge on any atom is 0.339 e. The molecule has 9 heteroatoms. The summed E-state index contributed by atoms with van der Waals surface area (Å²) >= 11 is 0. The number of methoxy groups -OCH3 is 2. The Balaban J connectivity index is 0. The van der Waals surface area contributed by atoms with Crippen LogP contribution in [0.2, 0.25) is 0 Å². The molecule has 0 spiro atoms. The number of hydrogen-bond acceptors (Lipinski definition) is 9. The molecule has 0 unspecified atom stereocenters. The van der Waals surface area contributed by atoms with Crippen LogP contribution in [0.15, 0.2) is 0 Å². The Kier molecular flexibility index (Phi) is 9.56. The van der Waals surface area contributed by atoms with Crippen molar-refractivity contribution in [1.82, 2.24) is 6.15 Å². The molecule has 0 bridgehead atoms. The van der Waals surface area contributed by atoms with E-state index in [-0.39, 0.29) is 12.8 Å². The normalized spacial score (nSPS) is 10.1. The van der Waals surface area contributed by atoms with Crippen LogP contribution in [0.4, 0.5) is 0 Å². The predicted molar refractivity (Wildman–Crippen MR) is 61.3 cm³/mol. The van der Waals surface area contributed by atoms with Crippen LogP contribution in [0.25, 0.3) is 0 Å². The Hall–Kier alpha value is -1.71. The molecule has 0 saturated heterocycles. The summed E-state index contributed by atoms with van der Waals surface area (Å²) in [6.07, 6.45) is -1.49. The second-order valence-electron chi connectivity index (χ2n) is 3.40. The highest BCUT2D eigenvalue weighted by atomic mass is 16.6. The molecule has 0 amide bonds. The summed E-state index contributed by atoms with van der Waals surface area (Å²) in [6.45, 7) is -0.804. The summed E-state index contributed by atoms with van der Waals surface area (Å²) in [5, 5.41) is 18.4. The first-order valence-electron chi connectivity index (χ1n) is 5.03. The van der Waals surface area contributed by atoms with E-state index in [1.807, 2.05) is 0 Å². The van der Waals surface area contributed by atoms with Crippen LogP contribution in [0.5, 0.6) is 0 Å². The zero-order valence-electron chi connectivity index (χ0n) is 10.9. The van der Waals surface area contributed by atoms with Crippen LogP contribution in [0, 0.1) is 0 Å². The number of aliphatic hydroxyl groups is 2. The number of hydrogen-bond donors (Lipinski definition) is 3. The van der Waals surface area contributed by atoms with Gasteiger partial charge in [0.15, 0.2) is 5.60 Å². The first-order chi connectivity index (χ1) is 8.39. The molecule has 9 nitrogen and oxygen atoms in total. The fourth-order valence-corrected chi connectivity index (χ4v) is 1.10. The molecule has 0 aliphatic heterocycles. The van der Waals surface area contributed by atoms with Gasteiger partial charge in [-0.3, -0.25) is 9.59 Å². The summed E-state index contributed by atoms with van der Waals surface area (Å²) in [7, 11) is 2.14. The van der Waals surface area contributed by atoms with Crippen molar-refractivity contribution in [3.8, 4) is 0 Å². The summed E-state index contributed by atoms with van der Waals surface area (Å²) in [4.78, 5) is 33.7. The predicted octanol–water partition coefficient (Wildman–Crippen LogP) is -1.46. The van der Waals surface area contributed by atoms with Gasteiger partial charge in [0.1, 0.15) is 6.61 Å². The average Bonchev–Trinajstić information content (AvgIpc) is 2.35. The minimum Gasteiger partial charge on any atom is -0.469 e. The van der Waals surface area contributed by atoms with Crippen molar-refractivity contribution in [2.45, 2.75) is 18.4 Å². The van der Waals surface area contributed by atoms with Gasteiger partial charge in [0.2, 0.25) is 0 Å². The first-order valence-corrected chi connectivity index (χ1v) is 5.03. The molecule has 0 aromatic rings. The lowest BCUT2D eigenvalue weighted by molar-refractivity contribution is -0.177. The molecule has 5 N–H and O–H groups in total. The van der Waals surface area contributed by atoms with E-state index in [9.17, 15) is 19.5 Å². The van der Waals surface area contributed by atoms with E-state index in [2.05, 4.69) is 14.2 Å². The first kappa shape index (κ1) is 19.6. The van der Waals surface area contributed by atoms with Gasteiger partial charge in [-0.2, -0.15) is 0 Å². The topological polar surface area (TPSA) is 154 Å². The number of carbonyl (C=O) groups excluding carboxylic acids is 3. The summed E-state index contributed by atoms with van der Waals surface area (Å²) < 4.78 is 13.1. The fourth-order valence-electron chi connectivity index (χ4n) is 1.10. The van der Waals surface area contributed by atoms with E-state index >= 15 is 0 Å². The van der Waals surface area contributed by atoms with Gasteiger partial charge in [-0.05, 0) is 0 Å². The third-order valence-corrected chi connectivity index (χ3v) is 2.03. The third-order valence-electron chi connectivity index (χ3n) is 2.03. The van der Waals surface area contributed by atoms with Gasteiger partial charge in [-0.25, -0.2) is 4.79 Å². The molecule has 0 aromatic carbocycles. The molecule has 0 fully saturated rings. The van der Waals surface area contributed by atoms with Gasteiger partial charge in [0.25, 0.3) is 0 Å². The summed E-state index contributed by atoms with van der Waals surface area (Å²) in [5.41, 5.74) is -2.37. The van der Waals surface area contributed by atoms with Crippen molar-refractivity contribution < 1.29 is 38.8 Å². The number of aliphatic hydroxyl groups excluding tert-OH is 1. The molecule has 19 heavy (non-hydrogen) atoms. The third kappa shape index (κ3) is 6.70. The van der Waals surface area contributed by atoms with Gasteiger partial charge in [-0.15, -0.1) is 0 Å². The Labute approximate surface area is 110 Å². The molecule has 0 heterocycles. The SMILES string of the molecule is COC(=O)CC(O)(CC(=O)OC)C(=O)OCCO.N. The second kappa shape index (κ2) is 9.25. The van der Waals surface area contributed by atoms with Crippen LogP contribution < -0.4 is 6.15 Å². The van der Waals surface area contributed by atoms with Gasteiger partial charge >= 0.3 is 17.9 Å². The van der Waals surface area contributed by atoms with Crippen molar-refractivity contribution in [3.05, 3.63) is 0 Å². The van der Waals surface area contributed by atoms with Crippen molar-refractivity contribution in [1.29, 1.82) is 0 Å². The van der Waals surface area contributed by atoms with Crippen LogP contribution in [-0.2, 0) is 28.6 Å². The molecule has 0 atom stereocenters. The molecule has 112 valence electrons. The minimum atomic E-state index is -2.37. The Morgan fingerprint density at radius 2 is 1.47 bits per heavy atom. The van der Waals surface area contributed by atoms with E-state index < -0.39 is 43.0 Å². The smallest absolute Gasteiger partial charge is 0.339 e. The van der Waals surface area contributed by atoms with Crippen molar-refractivity contribution in [2.24, 2.45) is 0 Å². The summed E-state index contributed by atoms with van der Waals surface area (Å²) in [5.74, 6) is -2.97. The second-order valence-corrected chi connectivity index (χ2v) is 3.40. The lowest BCUT2D eigenvalue weighted by atomic mass is 9.95. The van der Waals surface area contributed by atoms with Crippen LogP contribution >= 0.6 is 0 Å². The van der Waals surface area contributed by atoms with Gasteiger partial charge < -0.3 is 30.6 Å². The van der Waals surface area contributed by atoms with E-state index in [0.29, 0.717) is 0 Å². The summed E-state index contributed by atoms with van der Waals surface area (Å²) in [6, 6.07) is 0.